The topological polar surface area (TPSA) is 53.3 Å². The second kappa shape index (κ2) is 7.34. The number of carbonyl (C=O) groups excluding carboxylic acids is 1. The third-order valence-electron chi connectivity index (χ3n) is 5.41. The molecule has 2 saturated heterocycles. The molecule has 4 heterocycles. The second-order valence-corrected chi connectivity index (χ2v) is 7.28. The zero-order chi connectivity index (χ0) is 18.1. The lowest BCUT2D eigenvalue weighted by molar-refractivity contribution is 0.0297. The van der Waals surface area contributed by atoms with E-state index in [1.165, 1.54) is 0 Å². The first kappa shape index (κ1) is 17.5. The molecule has 0 spiro atoms. The molecule has 2 aromatic rings. The first-order valence-corrected chi connectivity index (χ1v) is 9.38. The smallest absolute Gasteiger partial charge is 0.274 e. The normalized spacial score (nSPS) is 20.0. The summed E-state index contributed by atoms with van der Waals surface area (Å²) >= 11 is 0. The predicted octanol–water partition coefficient (Wildman–Crippen LogP) is 0.863. The summed E-state index contributed by atoms with van der Waals surface area (Å²) in [5.41, 5.74) is 3.58. The van der Waals surface area contributed by atoms with E-state index in [4.69, 9.17) is 9.72 Å². The highest BCUT2D eigenvalue weighted by Gasteiger charge is 2.27. The Labute approximate surface area is 154 Å². The zero-order valence-corrected chi connectivity index (χ0v) is 15.6. The Morgan fingerprint density at radius 2 is 1.88 bits per heavy atom. The van der Waals surface area contributed by atoms with Gasteiger partial charge < -0.3 is 18.9 Å². The van der Waals surface area contributed by atoms with Gasteiger partial charge in [0.05, 0.1) is 18.9 Å². The minimum atomic E-state index is 0.0283. The highest BCUT2D eigenvalue weighted by Crippen LogP contribution is 2.20. The molecule has 26 heavy (non-hydrogen) atoms. The Hall–Kier alpha value is -1.96. The molecule has 0 aliphatic carbocycles. The van der Waals surface area contributed by atoms with Crippen LogP contribution in [-0.4, -0.2) is 89.5 Å². The van der Waals surface area contributed by atoms with Crippen LogP contribution in [-0.2, 0) is 11.3 Å². The van der Waals surface area contributed by atoms with Crippen molar-refractivity contribution in [3.8, 4) is 0 Å². The molecular formula is C19H27N5O2. The van der Waals surface area contributed by atoms with Gasteiger partial charge >= 0.3 is 0 Å². The molecule has 1 amide bonds. The maximum absolute atomic E-state index is 13.2. The van der Waals surface area contributed by atoms with Gasteiger partial charge in [0.2, 0.25) is 0 Å². The minimum absolute atomic E-state index is 0.0283. The van der Waals surface area contributed by atoms with Crippen LogP contribution < -0.4 is 0 Å². The zero-order valence-electron chi connectivity index (χ0n) is 15.6. The van der Waals surface area contributed by atoms with Gasteiger partial charge in [-0.1, -0.05) is 6.07 Å². The first-order chi connectivity index (χ1) is 12.6. The predicted molar refractivity (Wildman–Crippen MR) is 99.4 cm³/mol. The van der Waals surface area contributed by atoms with Crippen LogP contribution >= 0.6 is 0 Å². The van der Waals surface area contributed by atoms with E-state index in [0.29, 0.717) is 32.0 Å². The van der Waals surface area contributed by atoms with Gasteiger partial charge in [0, 0.05) is 52.0 Å². The van der Waals surface area contributed by atoms with Crippen LogP contribution in [0.5, 0.6) is 0 Å². The minimum Gasteiger partial charge on any atom is -0.378 e. The van der Waals surface area contributed by atoms with Gasteiger partial charge in [-0.15, -0.1) is 0 Å². The summed E-state index contributed by atoms with van der Waals surface area (Å²) in [5.74, 6) is 0.0283. The summed E-state index contributed by atoms with van der Waals surface area (Å²) in [6, 6.07) is 4.07. The van der Waals surface area contributed by atoms with E-state index < -0.39 is 0 Å². The lowest BCUT2D eigenvalue weighted by atomic mass is 10.2. The van der Waals surface area contributed by atoms with Gasteiger partial charge in [-0.25, -0.2) is 4.98 Å². The fraction of sp³-hybridized carbons (Fsp3) is 0.579. The number of hydrogen-bond donors (Lipinski definition) is 0. The van der Waals surface area contributed by atoms with Crippen molar-refractivity contribution in [2.24, 2.45) is 0 Å². The summed E-state index contributed by atoms with van der Waals surface area (Å²) in [4.78, 5) is 24.6. The van der Waals surface area contributed by atoms with Gasteiger partial charge in [0.15, 0.2) is 5.69 Å². The van der Waals surface area contributed by atoms with Crippen molar-refractivity contribution in [1.82, 2.24) is 24.1 Å². The van der Waals surface area contributed by atoms with E-state index in [9.17, 15) is 4.79 Å². The fourth-order valence-corrected chi connectivity index (χ4v) is 3.71. The van der Waals surface area contributed by atoms with Gasteiger partial charge in [0.25, 0.3) is 5.91 Å². The van der Waals surface area contributed by atoms with E-state index in [2.05, 4.69) is 21.2 Å². The Kier molecular flexibility index (Phi) is 4.93. The average Bonchev–Trinajstić information content (AvgIpc) is 3.04. The third-order valence-corrected chi connectivity index (χ3v) is 5.41. The van der Waals surface area contributed by atoms with Crippen LogP contribution in [0.25, 0.3) is 5.65 Å². The van der Waals surface area contributed by atoms with Crippen molar-refractivity contribution >= 4 is 11.6 Å². The van der Waals surface area contributed by atoms with Gasteiger partial charge in [-0.2, -0.15) is 0 Å². The van der Waals surface area contributed by atoms with Crippen LogP contribution in [0.2, 0.25) is 0 Å². The standard InChI is InChI=1S/C19H27N5O2/c1-15-4-3-5-24-16(14-22-8-6-21(2)7-9-22)17(20-18(15)24)19(25)23-10-12-26-13-11-23/h3-5H,6-14H2,1-2H3. The van der Waals surface area contributed by atoms with Crippen molar-refractivity contribution in [3.63, 3.8) is 0 Å². The number of aromatic nitrogens is 2. The highest BCUT2D eigenvalue weighted by atomic mass is 16.5. The van der Waals surface area contributed by atoms with Crippen molar-refractivity contribution in [3.05, 3.63) is 35.3 Å². The Bertz CT molecular complexity index is 789. The van der Waals surface area contributed by atoms with Crippen molar-refractivity contribution < 1.29 is 9.53 Å². The number of nitrogens with zero attached hydrogens (tertiary/aromatic N) is 5. The van der Waals surface area contributed by atoms with E-state index in [0.717, 1.165) is 49.6 Å². The van der Waals surface area contributed by atoms with Crippen LogP contribution in [0.4, 0.5) is 0 Å². The maximum atomic E-state index is 13.2. The second-order valence-electron chi connectivity index (χ2n) is 7.28. The van der Waals surface area contributed by atoms with E-state index in [1.807, 2.05) is 30.2 Å². The number of likely N-dealkylation sites (N-methyl/N-ethyl adjacent to an activating group) is 1. The Balaban J connectivity index is 1.68. The third kappa shape index (κ3) is 3.34. The van der Waals surface area contributed by atoms with Crippen molar-refractivity contribution in [1.29, 1.82) is 0 Å². The number of amides is 1. The molecule has 0 unspecified atom stereocenters. The molecule has 0 atom stereocenters. The summed E-state index contributed by atoms with van der Waals surface area (Å²) in [6.07, 6.45) is 2.02. The van der Waals surface area contributed by atoms with Crippen molar-refractivity contribution in [2.75, 3.05) is 59.5 Å². The molecule has 0 aromatic carbocycles. The van der Waals surface area contributed by atoms with Crippen LogP contribution in [0, 0.1) is 6.92 Å². The molecule has 2 aromatic heterocycles. The molecule has 2 fully saturated rings. The molecular weight excluding hydrogens is 330 g/mol. The molecule has 0 bridgehead atoms. The molecule has 2 aliphatic rings. The van der Waals surface area contributed by atoms with Crippen LogP contribution in [0.3, 0.4) is 0 Å². The Morgan fingerprint density at radius 3 is 2.62 bits per heavy atom. The first-order valence-electron chi connectivity index (χ1n) is 9.38. The summed E-state index contributed by atoms with van der Waals surface area (Å²) in [5, 5.41) is 0. The molecule has 4 rings (SSSR count). The summed E-state index contributed by atoms with van der Waals surface area (Å²) in [6.45, 7) is 9.43. The average molecular weight is 357 g/mol. The summed E-state index contributed by atoms with van der Waals surface area (Å²) < 4.78 is 7.49. The molecule has 2 aliphatic heterocycles. The maximum Gasteiger partial charge on any atom is 0.274 e. The monoisotopic (exact) mass is 357 g/mol. The number of carbonyl (C=O) groups is 1. The quantitative estimate of drug-likeness (QED) is 0.816. The van der Waals surface area contributed by atoms with Gasteiger partial charge in [0.1, 0.15) is 5.65 Å². The number of fused-ring (bicyclic) bond motifs is 1. The summed E-state index contributed by atoms with van der Waals surface area (Å²) in [7, 11) is 2.16. The number of rotatable bonds is 3. The highest BCUT2D eigenvalue weighted by molar-refractivity contribution is 5.94. The lowest BCUT2D eigenvalue weighted by Crippen LogP contribution is -2.44. The van der Waals surface area contributed by atoms with E-state index >= 15 is 0 Å². The number of pyridine rings is 1. The largest absolute Gasteiger partial charge is 0.378 e. The molecule has 140 valence electrons. The number of morpholine rings is 1. The van der Waals surface area contributed by atoms with Gasteiger partial charge in [-0.3, -0.25) is 9.69 Å². The number of ether oxygens (including phenoxy) is 1. The molecule has 0 radical (unpaired) electrons. The number of piperazine rings is 1. The number of hydrogen-bond acceptors (Lipinski definition) is 5. The van der Waals surface area contributed by atoms with Crippen LogP contribution in [0.1, 0.15) is 21.7 Å². The molecule has 0 N–H and O–H groups in total. The Morgan fingerprint density at radius 1 is 1.15 bits per heavy atom. The lowest BCUT2D eigenvalue weighted by Gasteiger charge is -2.32. The van der Waals surface area contributed by atoms with Gasteiger partial charge in [-0.05, 0) is 25.6 Å². The SMILES string of the molecule is Cc1cccn2c(CN3CCN(C)CC3)c(C(=O)N3CCOCC3)nc12. The van der Waals surface area contributed by atoms with E-state index in [1.54, 1.807) is 0 Å². The molecule has 7 nitrogen and oxygen atoms in total. The number of imidazole rings is 1. The number of aryl methyl sites for hydroxylation is 1. The van der Waals surface area contributed by atoms with Crippen LogP contribution in [0.15, 0.2) is 18.3 Å². The molecule has 7 heteroatoms. The molecule has 0 saturated carbocycles. The van der Waals surface area contributed by atoms with E-state index in [-0.39, 0.29) is 5.91 Å². The fourth-order valence-electron chi connectivity index (χ4n) is 3.71. The van der Waals surface area contributed by atoms with Crippen molar-refractivity contribution in [2.45, 2.75) is 13.5 Å².